The summed E-state index contributed by atoms with van der Waals surface area (Å²) in [6, 6.07) is 7.18. The van der Waals surface area contributed by atoms with E-state index in [1.165, 1.54) is 19.1 Å². The van der Waals surface area contributed by atoms with Crippen LogP contribution < -0.4 is 10.0 Å². The van der Waals surface area contributed by atoms with Crippen molar-refractivity contribution in [3.05, 3.63) is 52.0 Å². The smallest absolute Gasteiger partial charge is 0.461 e. The molecule has 0 saturated carbocycles. The maximum absolute atomic E-state index is 12.9. The van der Waals surface area contributed by atoms with Crippen LogP contribution in [0.2, 0.25) is 5.02 Å². The molecule has 0 aliphatic rings. The zero-order valence-corrected chi connectivity index (χ0v) is 19.3. The number of carbonyl (C=O) groups excluding carboxylic acids is 1. The van der Waals surface area contributed by atoms with Crippen molar-refractivity contribution < 1.29 is 36.6 Å². The Hall–Kier alpha value is -3.15. The van der Waals surface area contributed by atoms with E-state index in [1.807, 2.05) is 6.07 Å². The van der Waals surface area contributed by atoms with Crippen molar-refractivity contribution in [1.82, 2.24) is 0 Å². The van der Waals surface area contributed by atoms with E-state index in [9.17, 15) is 27.8 Å². The van der Waals surface area contributed by atoms with E-state index < -0.39 is 25.7 Å². The Labute approximate surface area is 193 Å². The van der Waals surface area contributed by atoms with E-state index in [2.05, 4.69) is 5.16 Å². The molecule has 2 aromatic rings. The molecule has 0 bridgehead atoms. The summed E-state index contributed by atoms with van der Waals surface area (Å²) >= 11 is 5.96. The first-order valence-electron chi connectivity index (χ1n) is 9.49. The minimum Gasteiger partial charge on any atom is -0.461 e. The zero-order valence-electron chi connectivity index (χ0n) is 17.7. The predicted octanol–water partition coefficient (Wildman–Crippen LogP) is 5.91. The van der Waals surface area contributed by atoms with Crippen LogP contribution in [-0.2, 0) is 31.3 Å². The molecular formula is C21H18ClF3N2O5P+. The number of ether oxygens (including phenoxy) is 2. The van der Waals surface area contributed by atoms with Gasteiger partial charge in [0.1, 0.15) is 23.1 Å². The van der Waals surface area contributed by atoms with Crippen molar-refractivity contribution in [3.63, 3.8) is 0 Å². The van der Waals surface area contributed by atoms with Crippen molar-refractivity contribution in [1.29, 1.82) is 5.26 Å². The Kier molecular flexibility index (Phi) is 8.80. The second-order valence-corrected chi connectivity index (χ2v) is 7.99. The zero-order chi connectivity index (χ0) is 24.8. The van der Waals surface area contributed by atoms with Gasteiger partial charge in [0.2, 0.25) is 0 Å². The van der Waals surface area contributed by atoms with Gasteiger partial charge >= 0.3 is 20.2 Å². The van der Waals surface area contributed by atoms with Crippen LogP contribution in [0.25, 0.3) is 0 Å². The van der Waals surface area contributed by atoms with Gasteiger partial charge in [-0.15, -0.1) is 4.62 Å². The van der Waals surface area contributed by atoms with E-state index >= 15 is 0 Å². The largest absolute Gasteiger partial charge is 0.623 e. The number of aryl methyl sites for hydroxylation is 1. The fraction of sp³-hybridized carbons (Fsp3) is 0.286. The third kappa shape index (κ3) is 6.67. The van der Waals surface area contributed by atoms with Gasteiger partial charge in [0.05, 0.1) is 17.2 Å². The highest BCUT2D eigenvalue weighted by Crippen LogP contribution is 2.38. The van der Waals surface area contributed by atoms with Crippen LogP contribution in [0.4, 0.5) is 13.2 Å². The van der Waals surface area contributed by atoms with Gasteiger partial charge in [0.25, 0.3) is 5.30 Å². The van der Waals surface area contributed by atoms with Crippen molar-refractivity contribution in [2.24, 2.45) is 5.16 Å². The first-order chi connectivity index (χ1) is 15.5. The van der Waals surface area contributed by atoms with Gasteiger partial charge in [-0.3, -0.25) is 0 Å². The van der Waals surface area contributed by atoms with Gasteiger partial charge in [0, 0.05) is 6.07 Å². The minimum atomic E-state index is -4.57. The molecule has 0 saturated heterocycles. The number of benzene rings is 2. The van der Waals surface area contributed by atoms with E-state index in [4.69, 9.17) is 25.7 Å². The normalized spacial score (nSPS) is 12.1. The molecule has 0 spiro atoms. The molecular weight excluding hydrogens is 484 g/mol. The lowest BCUT2D eigenvalue weighted by Gasteiger charge is -2.13. The molecule has 0 aliphatic carbocycles. The molecule has 0 radical (unpaired) electrons. The molecule has 2 rings (SSSR count). The Morgan fingerprint density at radius 1 is 1.21 bits per heavy atom. The van der Waals surface area contributed by atoms with E-state index in [0.29, 0.717) is 12.0 Å². The van der Waals surface area contributed by atoms with Crippen LogP contribution >= 0.6 is 19.6 Å². The molecule has 1 atom stereocenters. The quantitative estimate of drug-likeness (QED) is 0.193. The minimum absolute atomic E-state index is 0.0165. The lowest BCUT2D eigenvalue weighted by atomic mass is 10.1. The maximum Gasteiger partial charge on any atom is 0.623 e. The standard InChI is InChI=1S/C21H18ClF3N2O5P/c1-4-13-8-14(11-26)19(33(29)32-27-12(3)20(28)30-5-2)10-18(13)31-17-7-6-15(9-16(17)22)21(23,24)25/h6-10H,4-5H2,1-3H3/q+1. The second-order valence-electron chi connectivity index (χ2n) is 6.42. The fourth-order valence-corrected chi connectivity index (χ4v) is 3.56. The monoisotopic (exact) mass is 501 g/mol. The molecule has 0 N–H and O–H groups in total. The van der Waals surface area contributed by atoms with Crippen LogP contribution in [0, 0.1) is 11.3 Å². The van der Waals surface area contributed by atoms with Crippen molar-refractivity contribution >= 4 is 36.6 Å². The van der Waals surface area contributed by atoms with Gasteiger partial charge in [-0.25, -0.2) is 4.79 Å². The summed E-state index contributed by atoms with van der Waals surface area (Å²) in [6.45, 7) is 4.78. The summed E-state index contributed by atoms with van der Waals surface area (Å²) in [5, 5.41) is 12.6. The number of nitriles is 1. The van der Waals surface area contributed by atoms with Crippen molar-refractivity contribution in [2.75, 3.05) is 6.61 Å². The molecule has 12 heteroatoms. The Morgan fingerprint density at radius 3 is 2.45 bits per heavy atom. The number of rotatable bonds is 8. The number of alkyl halides is 3. The van der Waals surface area contributed by atoms with Crippen LogP contribution in [0.15, 0.2) is 35.5 Å². The number of hydrogen-bond acceptors (Lipinski definition) is 7. The van der Waals surface area contributed by atoms with Gasteiger partial charge in [-0.05, 0) is 59.8 Å². The van der Waals surface area contributed by atoms with Crippen molar-refractivity contribution in [2.45, 2.75) is 33.4 Å². The molecule has 7 nitrogen and oxygen atoms in total. The summed E-state index contributed by atoms with van der Waals surface area (Å²) < 4.78 is 66.6. The molecule has 0 aliphatic heterocycles. The molecule has 0 amide bonds. The average molecular weight is 502 g/mol. The lowest BCUT2D eigenvalue weighted by molar-refractivity contribution is -0.137. The number of esters is 1. The first kappa shape index (κ1) is 26.1. The number of nitrogens with zero attached hydrogens (tertiary/aromatic N) is 2. The molecule has 0 fully saturated rings. The third-order valence-corrected chi connectivity index (χ3v) is 5.47. The lowest BCUT2D eigenvalue weighted by Crippen LogP contribution is -2.14. The number of oxime groups is 1. The highest BCUT2D eigenvalue weighted by Gasteiger charge is 2.33. The fourth-order valence-electron chi connectivity index (χ4n) is 2.52. The summed E-state index contributed by atoms with van der Waals surface area (Å²) in [6.07, 6.45) is -4.18. The predicted molar refractivity (Wildman–Crippen MR) is 115 cm³/mol. The summed E-state index contributed by atoms with van der Waals surface area (Å²) in [5.74, 6) is -0.711. The highest BCUT2D eigenvalue weighted by molar-refractivity contribution is 7.48. The molecule has 174 valence electrons. The van der Waals surface area contributed by atoms with Gasteiger partial charge in [-0.1, -0.05) is 18.5 Å². The third-order valence-electron chi connectivity index (χ3n) is 4.18. The maximum atomic E-state index is 12.9. The summed E-state index contributed by atoms with van der Waals surface area (Å²) in [5.41, 5.74) is -0.594. The molecule has 1 unspecified atom stereocenters. The first-order valence-corrected chi connectivity index (χ1v) is 11.0. The van der Waals surface area contributed by atoms with Gasteiger partial charge in [0.15, 0.2) is 5.71 Å². The topological polar surface area (TPSA) is 98.0 Å². The average Bonchev–Trinajstić information content (AvgIpc) is 2.77. The SMILES string of the molecule is CCOC(=O)C(C)=NO[P+](=O)c1cc(Oc2ccc(C(F)(F)F)cc2Cl)c(CC)cc1C#N. The van der Waals surface area contributed by atoms with Gasteiger partial charge < -0.3 is 9.47 Å². The number of carbonyl (C=O) groups is 1. The molecule has 33 heavy (non-hydrogen) atoms. The Balaban J connectivity index is 2.40. The van der Waals surface area contributed by atoms with Crippen LogP contribution in [0.3, 0.4) is 0 Å². The Morgan fingerprint density at radius 2 is 1.91 bits per heavy atom. The van der Waals surface area contributed by atoms with E-state index in [0.717, 1.165) is 18.2 Å². The van der Waals surface area contributed by atoms with Crippen LogP contribution in [0.5, 0.6) is 11.5 Å². The Bertz CT molecular complexity index is 1150. The van der Waals surface area contributed by atoms with E-state index in [-0.39, 0.29) is 39.7 Å². The summed E-state index contributed by atoms with van der Waals surface area (Å²) in [4.78, 5) is 11.6. The van der Waals surface area contributed by atoms with E-state index in [1.54, 1.807) is 13.8 Å². The number of halogens is 4. The van der Waals surface area contributed by atoms with Crippen LogP contribution in [0.1, 0.15) is 37.5 Å². The van der Waals surface area contributed by atoms with Crippen LogP contribution in [-0.4, -0.2) is 18.3 Å². The highest BCUT2D eigenvalue weighted by atomic mass is 35.5. The number of hydrogen-bond donors (Lipinski definition) is 0. The molecule has 2 aromatic carbocycles. The molecule has 0 aromatic heterocycles. The molecule has 0 heterocycles. The summed E-state index contributed by atoms with van der Waals surface area (Å²) in [7, 11) is -2.73. The van der Waals surface area contributed by atoms with Crippen molar-refractivity contribution in [3.8, 4) is 17.6 Å². The van der Waals surface area contributed by atoms with Gasteiger partial charge in [-0.2, -0.15) is 18.4 Å². The second kappa shape index (κ2) is 11.1.